The van der Waals surface area contributed by atoms with Crippen molar-refractivity contribution in [1.29, 1.82) is 0 Å². The van der Waals surface area contributed by atoms with E-state index in [1.807, 2.05) is 0 Å². The Labute approximate surface area is 37.9 Å². The van der Waals surface area contributed by atoms with Gasteiger partial charge in [0.25, 0.3) is 11.0 Å². The van der Waals surface area contributed by atoms with Crippen LogP contribution in [-0.4, -0.2) is 15.5 Å². The van der Waals surface area contributed by atoms with Gasteiger partial charge in [0.05, 0.1) is 7.11 Å². The maximum absolute atomic E-state index is 9.18. The summed E-state index contributed by atoms with van der Waals surface area (Å²) in [5.41, 5.74) is 0. The third-order valence-corrected chi connectivity index (χ3v) is 0.447. The average Bonchev–Trinajstić information content (AvgIpc) is 1.38. The SMILES string of the molecule is CO[SH](=O)=O.N. The Morgan fingerprint density at radius 2 is 1.67 bits per heavy atom. The molecule has 0 saturated heterocycles. The van der Waals surface area contributed by atoms with E-state index in [-0.39, 0.29) is 6.15 Å². The van der Waals surface area contributed by atoms with E-state index in [4.69, 9.17) is 0 Å². The molecule has 40 valence electrons. The summed E-state index contributed by atoms with van der Waals surface area (Å²) >= 11 is 0. The van der Waals surface area contributed by atoms with Crippen LogP contribution in [0.2, 0.25) is 0 Å². The molecule has 3 N–H and O–H groups in total. The first kappa shape index (κ1) is 9.30. The van der Waals surface area contributed by atoms with Crippen LogP contribution in [0, 0.1) is 0 Å². The topological polar surface area (TPSA) is 78.4 Å². The monoisotopic (exact) mass is 113 g/mol. The molecule has 0 rings (SSSR count). The minimum atomic E-state index is -2.60. The molecule has 5 heteroatoms. The van der Waals surface area contributed by atoms with Gasteiger partial charge in [-0.15, -0.1) is 0 Å². The van der Waals surface area contributed by atoms with E-state index in [0.29, 0.717) is 0 Å². The molecule has 0 aliphatic rings. The lowest BCUT2D eigenvalue weighted by molar-refractivity contribution is 0.418. The van der Waals surface area contributed by atoms with E-state index in [1.165, 1.54) is 0 Å². The second-order valence-corrected chi connectivity index (χ2v) is 1.22. The quantitative estimate of drug-likeness (QED) is 0.442. The molecule has 0 bridgehead atoms. The minimum absolute atomic E-state index is 0. The van der Waals surface area contributed by atoms with Crippen LogP contribution in [0.5, 0.6) is 0 Å². The smallest absolute Gasteiger partial charge is 0.256 e. The molecule has 0 radical (unpaired) electrons. The van der Waals surface area contributed by atoms with Crippen LogP contribution < -0.4 is 6.15 Å². The lowest BCUT2D eigenvalue weighted by Gasteiger charge is -1.66. The van der Waals surface area contributed by atoms with Crippen LogP contribution in [0.4, 0.5) is 0 Å². The third kappa shape index (κ3) is 9.12. The molecular formula is CH7NO3S. The van der Waals surface area contributed by atoms with Crippen molar-refractivity contribution in [3.05, 3.63) is 0 Å². The summed E-state index contributed by atoms with van der Waals surface area (Å²) in [6.07, 6.45) is 0. The van der Waals surface area contributed by atoms with Crippen molar-refractivity contribution < 1.29 is 12.6 Å². The van der Waals surface area contributed by atoms with Gasteiger partial charge in [0.15, 0.2) is 0 Å². The lowest BCUT2D eigenvalue weighted by Crippen LogP contribution is -1.72. The molecule has 0 fully saturated rings. The summed E-state index contributed by atoms with van der Waals surface area (Å²) in [6, 6.07) is 0. The Morgan fingerprint density at radius 1 is 1.50 bits per heavy atom. The lowest BCUT2D eigenvalue weighted by atomic mass is 11.8. The van der Waals surface area contributed by atoms with Crippen LogP contribution in [0.15, 0.2) is 0 Å². The molecule has 0 atom stereocenters. The van der Waals surface area contributed by atoms with Crippen LogP contribution in [0.1, 0.15) is 0 Å². The Hall–Kier alpha value is -0.130. The van der Waals surface area contributed by atoms with Gasteiger partial charge in [-0.25, -0.2) is 8.42 Å². The van der Waals surface area contributed by atoms with Crippen molar-refractivity contribution in [3.63, 3.8) is 0 Å². The number of thiol groups is 1. The van der Waals surface area contributed by atoms with Crippen molar-refractivity contribution in [1.82, 2.24) is 6.15 Å². The first-order valence-corrected chi connectivity index (χ1v) is 2.05. The fourth-order valence-corrected chi connectivity index (χ4v) is 0. The molecule has 0 aliphatic heterocycles. The van der Waals surface area contributed by atoms with Gasteiger partial charge in [-0.1, -0.05) is 0 Å². The van der Waals surface area contributed by atoms with Gasteiger partial charge in [-0.05, 0) is 0 Å². The highest BCUT2D eigenvalue weighted by atomic mass is 32.2. The summed E-state index contributed by atoms with van der Waals surface area (Å²) in [7, 11) is -1.50. The molecule has 6 heavy (non-hydrogen) atoms. The summed E-state index contributed by atoms with van der Waals surface area (Å²) in [5.74, 6) is 0. The van der Waals surface area contributed by atoms with Crippen molar-refractivity contribution in [2.24, 2.45) is 0 Å². The van der Waals surface area contributed by atoms with Crippen LogP contribution in [0.25, 0.3) is 0 Å². The van der Waals surface area contributed by atoms with Crippen LogP contribution >= 0.6 is 0 Å². The van der Waals surface area contributed by atoms with E-state index >= 15 is 0 Å². The van der Waals surface area contributed by atoms with Crippen LogP contribution in [-0.2, 0) is 15.2 Å². The molecule has 0 aromatic rings. The Bertz CT molecular complexity index is 68.9. The second-order valence-electron chi connectivity index (χ2n) is 0.406. The van der Waals surface area contributed by atoms with Gasteiger partial charge in [0.2, 0.25) is 0 Å². The molecular weight excluding hydrogens is 106 g/mol. The first-order chi connectivity index (χ1) is 2.27. The zero-order valence-corrected chi connectivity index (χ0v) is 4.27. The largest absolute Gasteiger partial charge is 0.344 e. The van der Waals surface area contributed by atoms with Crippen LogP contribution in [0.3, 0.4) is 0 Å². The van der Waals surface area contributed by atoms with Crippen molar-refractivity contribution in [3.8, 4) is 0 Å². The minimum Gasteiger partial charge on any atom is -0.344 e. The zero-order valence-electron chi connectivity index (χ0n) is 3.38. The first-order valence-electron chi connectivity index (χ1n) is 0.956. The predicted octanol–water partition coefficient (Wildman–Crippen LogP) is -0.679. The standard InChI is InChI=1S/CH4O3S.H3N/c1-4-5(2)3;/h5H,1H3;1H3. The van der Waals surface area contributed by atoms with Crippen molar-refractivity contribution in [2.75, 3.05) is 7.11 Å². The summed E-state index contributed by atoms with van der Waals surface area (Å²) in [4.78, 5) is 0. The third-order valence-electron chi connectivity index (χ3n) is 0.149. The molecule has 0 spiro atoms. The Morgan fingerprint density at radius 3 is 1.67 bits per heavy atom. The highest BCUT2D eigenvalue weighted by molar-refractivity contribution is 7.67. The normalized spacial score (nSPS) is 7.67. The van der Waals surface area contributed by atoms with Gasteiger partial charge >= 0.3 is 0 Å². The molecule has 0 aromatic carbocycles. The highest BCUT2D eigenvalue weighted by Crippen LogP contribution is 1.52. The molecule has 0 heterocycles. The highest BCUT2D eigenvalue weighted by Gasteiger charge is 1.61. The van der Waals surface area contributed by atoms with E-state index in [1.54, 1.807) is 0 Å². The van der Waals surface area contributed by atoms with Gasteiger partial charge in [-0.3, -0.25) is 4.18 Å². The fourth-order valence-electron chi connectivity index (χ4n) is 0. The fraction of sp³-hybridized carbons (Fsp3) is 1.00. The van der Waals surface area contributed by atoms with Crippen molar-refractivity contribution >= 4 is 11.0 Å². The summed E-state index contributed by atoms with van der Waals surface area (Å²) in [6.45, 7) is 0. The molecule has 0 aliphatic carbocycles. The Balaban J connectivity index is 0. The van der Waals surface area contributed by atoms with E-state index < -0.39 is 11.0 Å². The van der Waals surface area contributed by atoms with Gasteiger partial charge in [0.1, 0.15) is 0 Å². The molecule has 0 saturated carbocycles. The predicted molar refractivity (Wildman–Crippen MR) is 22.3 cm³/mol. The number of hydrogen-bond acceptors (Lipinski definition) is 4. The van der Waals surface area contributed by atoms with E-state index in [9.17, 15) is 8.42 Å². The molecule has 0 aromatic heterocycles. The van der Waals surface area contributed by atoms with E-state index in [0.717, 1.165) is 7.11 Å². The van der Waals surface area contributed by atoms with Gasteiger partial charge in [-0.2, -0.15) is 0 Å². The molecule has 4 nitrogen and oxygen atoms in total. The molecule has 0 unspecified atom stereocenters. The second kappa shape index (κ2) is 4.87. The number of hydrogen-bond donors (Lipinski definition) is 2. The molecule has 0 amide bonds. The summed E-state index contributed by atoms with van der Waals surface area (Å²) in [5, 5.41) is 0. The average molecular weight is 113 g/mol. The number of rotatable bonds is 1. The van der Waals surface area contributed by atoms with E-state index in [2.05, 4.69) is 4.18 Å². The van der Waals surface area contributed by atoms with Gasteiger partial charge < -0.3 is 6.15 Å². The van der Waals surface area contributed by atoms with Gasteiger partial charge in [0, 0.05) is 0 Å². The van der Waals surface area contributed by atoms with Crippen molar-refractivity contribution in [2.45, 2.75) is 0 Å². The summed E-state index contributed by atoms with van der Waals surface area (Å²) < 4.78 is 22.1. The zero-order chi connectivity index (χ0) is 4.28. The Kier molecular flexibility index (Phi) is 7.54. The maximum Gasteiger partial charge on any atom is 0.256 e. The maximum atomic E-state index is 9.18.